The van der Waals surface area contributed by atoms with Crippen LogP contribution in [0.1, 0.15) is 30.1 Å². The number of hydrogen-bond donors (Lipinski definition) is 2. The van der Waals surface area contributed by atoms with E-state index in [1.165, 1.54) is 5.56 Å². The van der Waals surface area contributed by atoms with Gasteiger partial charge < -0.3 is 15.2 Å². The number of nitrogens with zero attached hydrogens (tertiary/aromatic N) is 5. The van der Waals surface area contributed by atoms with E-state index in [1.807, 2.05) is 43.2 Å². The molecule has 0 aliphatic carbocycles. The summed E-state index contributed by atoms with van der Waals surface area (Å²) >= 11 is 0. The number of imidazole rings is 1. The van der Waals surface area contributed by atoms with Crippen LogP contribution in [0.2, 0.25) is 0 Å². The van der Waals surface area contributed by atoms with Crippen molar-refractivity contribution in [3.05, 3.63) is 48.0 Å². The third-order valence-electron chi connectivity index (χ3n) is 5.21. The molecule has 0 saturated carbocycles. The first-order valence-electron chi connectivity index (χ1n) is 9.60. The van der Waals surface area contributed by atoms with Gasteiger partial charge in [0.05, 0.1) is 17.2 Å². The Kier molecular flexibility index (Phi) is 6.93. The van der Waals surface area contributed by atoms with E-state index in [2.05, 4.69) is 42.5 Å². The third-order valence-corrected chi connectivity index (χ3v) is 5.21. The predicted molar refractivity (Wildman–Crippen MR) is 123 cm³/mol. The summed E-state index contributed by atoms with van der Waals surface area (Å²) in [6, 6.07) is 8.16. The number of aryl methyl sites for hydroxylation is 2. The van der Waals surface area contributed by atoms with Crippen LogP contribution in [0.4, 0.5) is 0 Å². The average molecular weight is 493 g/mol. The number of rotatable bonds is 5. The van der Waals surface area contributed by atoms with Gasteiger partial charge in [0.25, 0.3) is 0 Å². The van der Waals surface area contributed by atoms with Crippen LogP contribution < -0.4 is 5.32 Å². The molecule has 1 unspecified atom stereocenters. The first-order valence-corrected chi connectivity index (χ1v) is 9.60. The molecule has 4 rings (SSSR count). The Balaban J connectivity index is 0.00000225. The van der Waals surface area contributed by atoms with Crippen molar-refractivity contribution in [1.82, 2.24) is 30.0 Å². The van der Waals surface area contributed by atoms with Gasteiger partial charge in [-0.3, -0.25) is 9.67 Å². The van der Waals surface area contributed by atoms with Crippen molar-refractivity contribution >= 4 is 41.0 Å². The number of benzene rings is 1. The van der Waals surface area contributed by atoms with Gasteiger partial charge in [-0.15, -0.1) is 24.0 Å². The Morgan fingerprint density at radius 3 is 2.96 bits per heavy atom. The van der Waals surface area contributed by atoms with Crippen molar-refractivity contribution in [1.29, 1.82) is 0 Å². The molecular weight excluding hydrogens is 465 g/mol. The average Bonchev–Trinajstić information content (AvgIpc) is 3.40. The lowest BCUT2D eigenvalue weighted by Gasteiger charge is -2.21. The molecule has 1 fully saturated rings. The van der Waals surface area contributed by atoms with Crippen LogP contribution in [0.5, 0.6) is 0 Å². The van der Waals surface area contributed by atoms with Gasteiger partial charge >= 0.3 is 0 Å². The maximum atomic E-state index is 4.64. The monoisotopic (exact) mass is 493 g/mol. The highest BCUT2D eigenvalue weighted by molar-refractivity contribution is 14.0. The number of hydrogen-bond acceptors (Lipinski definition) is 3. The summed E-state index contributed by atoms with van der Waals surface area (Å²) in [4.78, 5) is 14.8. The van der Waals surface area contributed by atoms with Crippen LogP contribution in [0.15, 0.2) is 41.7 Å². The van der Waals surface area contributed by atoms with E-state index in [4.69, 9.17) is 0 Å². The standard InChI is InChI=1S/C20H27N7.HI/c1-21-20(27-11-9-15(14-27)16-12-23-26(2)13-16)22-10-5-8-19-24-17-6-3-4-7-18(17)25-19;/h3-4,6-7,12-13,15H,5,8-11,14H2,1-2H3,(H,21,22)(H,24,25);1H. The van der Waals surface area contributed by atoms with Crippen molar-refractivity contribution < 1.29 is 0 Å². The summed E-state index contributed by atoms with van der Waals surface area (Å²) in [5.41, 5.74) is 3.46. The van der Waals surface area contributed by atoms with Gasteiger partial charge in [-0.05, 0) is 30.5 Å². The lowest BCUT2D eigenvalue weighted by molar-refractivity contribution is 0.484. The fourth-order valence-corrected chi connectivity index (χ4v) is 3.79. The zero-order valence-corrected chi connectivity index (χ0v) is 18.8. The number of guanidine groups is 1. The van der Waals surface area contributed by atoms with E-state index < -0.39 is 0 Å². The Bertz CT molecular complexity index is 896. The SMILES string of the molecule is CN=C(NCCCc1nc2ccccc2[nH]1)N1CCC(c2cnn(C)c2)C1.I. The molecule has 0 radical (unpaired) electrons. The maximum absolute atomic E-state index is 4.64. The lowest BCUT2D eigenvalue weighted by Crippen LogP contribution is -2.40. The van der Waals surface area contributed by atoms with Crippen LogP contribution in [-0.2, 0) is 13.5 Å². The zero-order valence-electron chi connectivity index (χ0n) is 16.4. The van der Waals surface area contributed by atoms with Crippen LogP contribution in [0.3, 0.4) is 0 Å². The summed E-state index contributed by atoms with van der Waals surface area (Å²) in [6.07, 6.45) is 7.19. The van der Waals surface area contributed by atoms with Gasteiger partial charge in [0.15, 0.2) is 5.96 Å². The number of aromatic amines is 1. The molecule has 7 nitrogen and oxygen atoms in total. The molecular formula is C20H28IN7. The van der Waals surface area contributed by atoms with E-state index in [1.54, 1.807) is 0 Å². The van der Waals surface area contributed by atoms with E-state index in [-0.39, 0.29) is 24.0 Å². The molecule has 0 spiro atoms. The van der Waals surface area contributed by atoms with E-state index in [0.29, 0.717) is 5.92 Å². The molecule has 1 saturated heterocycles. The summed E-state index contributed by atoms with van der Waals surface area (Å²) in [6.45, 7) is 2.91. The van der Waals surface area contributed by atoms with E-state index >= 15 is 0 Å². The molecule has 28 heavy (non-hydrogen) atoms. The van der Waals surface area contributed by atoms with Crippen molar-refractivity contribution in [2.24, 2.45) is 12.0 Å². The first kappa shape index (κ1) is 20.6. The topological polar surface area (TPSA) is 74.1 Å². The van der Waals surface area contributed by atoms with Gasteiger partial charge in [0, 0.05) is 52.3 Å². The minimum Gasteiger partial charge on any atom is -0.356 e. The summed E-state index contributed by atoms with van der Waals surface area (Å²) < 4.78 is 1.88. The molecule has 2 aromatic heterocycles. The molecule has 0 bridgehead atoms. The Hall–Kier alpha value is -2.10. The highest BCUT2D eigenvalue weighted by atomic mass is 127. The number of H-pyrrole nitrogens is 1. The minimum absolute atomic E-state index is 0. The molecule has 1 aliphatic heterocycles. The molecule has 0 amide bonds. The van der Waals surface area contributed by atoms with Gasteiger partial charge in [-0.25, -0.2) is 4.98 Å². The lowest BCUT2D eigenvalue weighted by atomic mass is 10.0. The second-order valence-electron chi connectivity index (χ2n) is 7.16. The maximum Gasteiger partial charge on any atom is 0.193 e. The van der Waals surface area contributed by atoms with Crippen LogP contribution in [0.25, 0.3) is 11.0 Å². The fourth-order valence-electron chi connectivity index (χ4n) is 3.79. The normalized spacial score (nSPS) is 17.1. The van der Waals surface area contributed by atoms with Gasteiger partial charge in [0.1, 0.15) is 5.82 Å². The number of fused-ring (bicyclic) bond motifs is 1. The second kappa shape index (κ2) is 9.40. The quantitative estimate of drug-likeness (QED) is 0.248. The minimum atomic E-state index is 0. The van der Waals surface area contributed by atoms with Gasteiger partial charge in [-0.2, -0.15) is 5.10 Å². The Labute approximate surface area is 182 Å². The Morgan fingerprint density at radius 2 is 2.21 bits per heavy atom. The number of aromatic nitrogens is 4. The summed E-state index contributed by atoms with van der Waals surface area (Å²) in [7, 11) is 3.83. The van der Waals surface area contributed by atoms with Crippen LogP contribution >= 0.6 is 24.0 Å². The van der Waals surface area contributed by atoms with Crippen LogP contribution in [-0.4, -0.2) is 57.3 Å². The molecule has 1 atom stereocenters. The zero-order chi connectivity index (χ0) is 18.6. The van der Waals surface area contributed by atoms with Crippen molar-refractivity contribution in [2.75, 3.05) is 26.7 Å². The summed E-state index contributed by atoms with van der Waals surface area (Å²) in [5.74, 6) is 2.57. The summed E-state index contributed by atoms with van der Waals surface area (Å²) in [5, 5.41) is 7.81. The smallest absolute Gasteiger partial charge is 0.193 e. The molecule has 2 N–H and O–H groups in total. The Morgan fingerprint density at radius 1 is 1.36 bits per heavy atom. The predicted octanol–water partition coefficient (Wildman–Crippen LogP) is 2.91. The molecule has 150 valence electrons. The van der Waals surface area contributed by atoms with E-state index in [0.717, 1.165) is 61.7 Å². The molecule has 1 aromatic carbocycles. The van der Waals surface area contributed by atoms with Crippen LogP contribution in [0, 0.1) is 0 Å². The van der Waals surface area contributed by atoms with Crippen molar-refractivity contribution in [2.45, 2.75) is 25.2 Å². The number of para-hydroxylation sites is 2. The largest absolute Gasteiger partial charge is 0.356 e. The van der Waals surface area contributed by atoms with E-state index in [9.17, 15) is 0 Å². The molecule has 1 aliphatic rings. The van der Waals surface area contributed by atoms with Crippen molar-refractivity contribution in [3.63, 3.8) is 0 Å². The number of halogens is 1. The molecule has 3 heterocycles. The number of likely N-dealkylation sites (tertiary alicyclic amines) is 1. The number of aliphatic imine (C=N–C) groups is 1. The van der Waals surface area contributed by atoms with Gasteiger partial charge in [0.2, 0.25) is 0 Å². The highest BCUT2D eigenvalue weighted by Gasteiger charge is 2.26. The van der Waals surface area contributed by atoms with Gasteiger partial charge in [-0.1, -0.05) is 12.1 Å². The third kappa shape index (κ3) is 4.65. The first-order chi connectivity index (χ1) is 13.2. The highest BCUT2D eigenvalue weighted by Crippen LogP contribution is 2.26. The second-order valence-corrected chi connectivity index (χ2v) is 7.16. The fraction of sp³-hybridized carbons (Fsp3) is 0.450. The molecule has 3 aromatic rings. The molecule has 8 heteroatoms. The number of nitrogens with one attached hydrogen (secondary N) is 2. The van der Waals surface area contributed by atoms with Crippen molar-refractivity contribution in [3.8, 4) is 0 Å².